The van der Waals surface area contributed by atoms with Gasteiger partial charge in [-0.1, -0.05) is 43.5 Å². The SMILES string of the molecule is CC(=O)N1Cc2ccccc2C2(CCN(C3(C)CCCCC3)CC2)C1. The Morgan fingerprint density at radius 2 is 1.68 bits per heavy atom. The number of piperidine rings is 1. The maximum atomic E-state index is 12.1. The van der Waals surface area contributed by atoms with E-state index in [1.807, 2.05) is 0 Å². The zero-order chi connectivity index (χ0) is 17.5. The van der Waals surface area contributed by atoms with Crippen molar-refractivity contribution < 1.29 is 4.79 Å². The van der Waals surface area contributed by atoms with E-state index in [2.05, 4.69) is 41.0 Å². The number of hydrogen-bond donors (Lipinski definition) is 0. The summed E-state index contributed by atoms with van der Waals surface area (Å²) in [6.45, 7) is 8.26. The first kappa shape index (κ1) is 17.1. The van der Waals surface area contributed by atoms with Gasteiger partial charge >= 0.3 is 0 Å². The van der Waals surface area contributed by atoms with Gasteiger partial charge in [-0.3, -0.25) is 9.69 Å². The van der Waals surface area contributed by atoms with Crippen molar-refractivity contribution in [2.45, 2.75) is 76.3 Å². The second kappa shape index (κ2) is 6.42. The van der Waals surface area contributed by atoms with Crippen LogP contribution in [0.25, 0.3) is 0 Å². The van der Waals surface area contributed by atoms with Crippen molar-refractivity contribution in [3.63, 3.8) is 0 Å². The van der Waals surface area contributed by atoms with Crippen LogP contribution in [0.4, 0.5) is 0 Å². The third kappa shape index (κ3) is 3.01. The lowest BCUT2D eigenvalue weighted by molar-refractivity contribution is -0.131. The molecule has 2 fully saturated rings. The normalized spacial score (nSPS) is 25.6. The van der Waals surface area contributed by atoms with Crippen LogP contribution in [0, 0.1) is 0 Å². The van der Waals surface area contributed by atoms with Crippen molar-refractivity contribution >= 4 is 5.91 Å². The summed E-state index contributed by atoms with van der Waals surface area (Å²) in [5.41, 5.74) is 3.46. The van der Waals surface area contributed by atoms with Crippen LogP contribution in [-0.4, -0.2) is 40.9 Å². The second-order valence-electron chi connectivity index (χ2n) is 8.86. The highest BCUT2D eigenvalue weighted by Crippen LogP contribution is 2.44. The van der Waals surface area contributed by atoms with Crippen LogP contribution in [0.2, 0.25) is 0 Å². The van der Waals surface area contributed by atoms with Crippen molar-refractivity contribution in [1.82, 2.24) is 9.80 Å². The number of rotatable bonds is 1. The van der Waals surface area contributed by atoms with Crippen LogP contribution >= 0.6 is 0 Å². The van der Waals surface area contributed by atoms with E-state index in [0.717, 1.165) is 13.1 Å². The molecule has 2 aliphatic heterocycles. The van der Waals surface area contributed by atoms with Crippen molar-refractivity contribution in [1.29, 1.82) is 0 Å². The second-order valence-corrected chi connectivity index (χ2v) is 8.86. The van der Waals surface area contributed by atoms with Crippen LogP contribution in [0.15, 0.2) is 24.3 Å². The lowest BCUT2D eigenvalue weighted by atomic mass is 9.67. The van der Waals surface area contributed by atoms with Gasteiger partial charge in [0.15, 0.2) is 0 Å². The molecule has 1 aromatic rings. The molecule has 0 aromatic heterocycles. The number of carbonyl (C=O) groups excluding carboxylic acids is 1. The molecule has 1 saturated carbocycles. The van der Waals surface area contributed by atoms with Gasteiger partial charge in [0.2, 0.25) is 5.91 Å². The molecule has 0 bridgehead atoms. The van der Waals surface area contributed by atoms with Gasteiger partial charge in [-0.05, 0) is 56.8 Å². The first-order valence-electron chi connectivity index (χ1n) is 10.1. The van der Waals surface area contributed by atoms with Crippen LogP contribution in [0.3, 0.4) is 0 Å². The number of likely N-dealkylation sites (tertiary alicyclic amines) is 1. The topological polar surface area (TPSA) is 23.6 Å². The lowest BCUT2D eigenvalue weighted by Crippen LogP contribution is -2.57. The van der Waals surface area contributed by atoms with Gasteiger partial charge in [-0.15, -0.1) is 0 Å². The molecule has 136 valence electrons. The Bertz CT molecular complexity index is 639. The molecule has 0 radical (unpaired) electrons. The minimum absolute atomic E-state index is 0.169. The van der Waals surface area contributed by atoms with Crippen molar-refractivity contribution in [3.05, 3.63) is 35.4 Å². The summed E-state index contributed by atoms with van der Waals surface area (Å²) in [4.78, 5) is 17.0. The smallest absolute Gasteiger partial charge is 0.219 e. The van der Waals surface area contributed by atoms with E-state index in [4.69, 9.17) is 0 Å². The highest BCUT2D eigenvalue weighted by Gasteiger charge is 2.45. The molecule has 0 N–H and O–H groups in total. The molecule has 2 heterocycles. The largest absolute Gasteiger partial charge is 0.338 e. The van der Waals surface area contributed by atoms with Gasteiger partial charge < -0.3 is 4.90 Å². The quantitative estimate of drug-likeness (QED) is 0.768. The number of amides is 1. The van der Waals surface area contributed by atoms with E-state index < -0.39 is 0 Å². The minimum Gasteiger partial charge on any atom is -0.338 e. The van der Waals surface area contributed by atoms with Crippen molar-refractivity contribution in [2.75, 3.05) is 19.6 Å². The summed E-state index contributed by atoms with van der Waals surface area (Å²) < 4.78 is 0. The van der Waals surface area contributed by atoms with Crippen molar-refractivity contribution in [3.8, 4) is 0 Å². The molecule has 25 heavy (non-hydrogen) atoms. The first-order chi connectivity index (χ1) is 12.0. The van der Waals surface area contributed by atoms with Gasteiger partial charge in [0.25, 0.3) is 0 Å². The average molecular weight is 341 g/mol. The Hall–Kier alpha value is -1.35. The Morgan fingerprint density at radius 1 is 1.00 bits per heavy atom. The summed E-state index contributed by atoms with van der Waals surface area (Å²) in [5, 5.41) is 0. The van der Waals surface area contributed by atoms with Gasteiger partial charge in [0.1, 0.15) is 0 Å². The Balaban J connectivity index is 1.57. The fraction of sp³-hybridized carbons (Fsp3) is 0.682. The molecule has 1 aromatic carbocycles. The standard InChI is InChI=1S/C22H32N2O/c1-18(25)23-16-19-8-4-5-9-20(19)22(17-23)12-14-24(15-13-22)21(2)10-6-3-7-11-21/h4-5,8-9H,3,6-7,10-17H2,1-2H3. The molecule has 1 saturated heterocycles. The highest BCUT2D eigenvalue weighted by atomic mass is 16.2. The zero-order valence-electron chi connectivity index (χ0n) is 15.9. The van der Waals surface area contributed by atoms with Crippen LogP contribution in [0.5, 0.6) is 0 Å². The molecule has 1 amide bonds. The van der Waals surface area contributed by atoms with Crippen LogP contribution in [-0.2, 0) is 16.8 Å². The number of benzene rings is 1. The number of carbonyl (C=O) groups is 1. The monoisotopic (exact) mass is 340 g/mol. The molecule has 3 heteroatoms. The zero-order valence-corrected chi connectivity index (χ0v) is 15.9. The fourth-order valence-electron chi connectivity index (χ4n) is 5.64. The fourth-order valence-corrected chi connectivity index (χ4v) is 5.64. The maximum absolute atomic E-state index is 12.1. The molecule has 4 rings (SSSR count). The van der Waals surface area contributed by atoms with E-state index in [9.17, 15) is 4.79 Å². The summed E-state index contributed by atoms with van der Waals surface area (Å²) >= 11 is 0. The Labute approximate surface area is 152 Å². The predicted octanol–water partition coefficient (Wildman–Crippen LogP) is 4.11. The molecular formula is C22H32N2O. The molecule has 0 unspecified atom stereocenters. The third-order valence-corrected chi connectivity index (χ3v) is 7.30. The van der Waals surface area contributed by atoms with Crippen LogP contribution < -0.4 is 0 Å². The van der Waals surface area contributed by atoms with Crippen LogP contribution in [0.1, 0.15) is 69.9 Å². The average Bonchev–Trinajstić information content (AvgIpc) is 2.63. The van der Waals surface area contributed by atoms with Crippen molar-refractivity contribution in [2.24, 2.45) is 0 Å². The highest BCUT2D eigenvalue weighted by molar-refractivity contribution is 5.74. The van der Waals surface area contributed by atoms with Gasteiger partial charge in [-0.25, -0.2) is 0 Å². The Morgan fingerprint density at radius 3 is 2.36 bits per heavy atom. The van der Waals surface area contributed by atoms with E-state index >= 15 is 0 Å². The van der Waals surface area contributed by atoms with E-state index in [-0.39, 0.29) is 11.3 Å². The number of nitrogens with zero attached hydrogens (tertiary/aromatic N) is 2. The first-order valence-corrected chi connectivity index (χ1v) is 10.1. The van der Waals surface area contributed by atoms with Gasteiger partial charge in [0, 0.05) is 31.0 Å². The lowest BCUT2D eigenvalue weighted by Gasteiger charge is -2.53. The summed E-state index contributed by atoms with van der Waals surface area (Å²) in [6, 6.07) is 8.85. The van der Waals surface area contributed by atoms with Gasteiger partial charge in [0.05, 0.1) is 0 Å². The molecule has 1 spiro atoms. The molecule has 1 aliphatic carbocycles. The predicted molar refractivity (Wildman–Crippen MR) is 102 cm³/mol. The molecule has 3 aliphatic rings. The summed E-state index contributed by atoms with van der Waals surface area (Å²) in [7, 11) is 0. The third-order valence-electron chi connectivity index (χ3n) is 7.30. The number of hydrogen-bond acceptors (Lipinski definition) is 2. The summed E-state index contributed by atoms with van der Waals surface area (Å²) in [5.74, 6) is 0.218. The molecular weight excluding hydrogens is 308 g/mol. The van der Waals surface area contributed by atoms with E-state index in [0.29, 0.717) is 5.54 Å². The van der Waals surface area contributed by atoms with E-state index in [1.54, 1.807) is 6.92 Å². The van der Waals surface area contributed by atoms with Gasteiger partial charge in [-0.2, -0.15) is 0 Å². The maximum Gasteiger partial charge on any atom is 0.219 e. The minimum atomic E-state index is 0.169. The van der Waals surface area contributed by atoms with E-state index in [1.165, 1.54) is 69.2 Å². The molecule has 0 atom stereocenters. The summed E-state index contributed by atoms with van der Waals surface area (Å²) in [6.07, 6.45) is 9.27. The number of fused-ring (bicyclic) bond motifs is 2. The Kier molecular flexibility index (Phi) is 4.39. The molecule has 3 nitrogen and oxygen atoms in total.